The maximum Gasteiger partial charge on any atom is 0.370 e. The van der Waals surface area contributed by atoms with Gasteiger partial charge in [-0.3, -0.25) is 0 Å². The first-order chi connectivity index (χ1) is 8.50. The average molecular weight is 250 g/mol. The number of benzene rings is 1. The van der Waals surface area contributed by atoms with E-state index in [9.17, 15) is 14.7 Å². The van der Waals surface area contributed by atoms with Crippen LogP contribution in [0.15, 0.2) is 48.3 Å². The van der Waals surface area contributed by atoms with Gasteiger partial charge in [0.15, 0.2) is 11.5 Å². The highest BCUT2D eigenvalue weighted by Crippen LogP contribution is 2.24. The smallest absolute Gasteiger partial charge is 0.370 e. The van der Waals surface area contributed by atoms with Gasteiger partial charge in [-0.1, -0.05) is 18.2 Å². The lowest BCUT2D eigenvalue weighted by molar-refractivity contribution is -0.135. The van der Waals surface area contributed by atoms with E-state index < -0.39 is 17.7 Å². The Morgan fingerprint density at radius 3 is 2.44 bits per heavy atom. The summed E-state index contributed by atoms with van der Waals surface area (Å²) in [5.41, 5.74) is 0. The van der Waals surface area contributed by atoms with E-state index in [2.05, 4.69) is 0 Å². The number of carboxylic acid groups (broad SMARTS) is 1. The molecule has 0 fully saturated rings. The minimum absolute atomic E-state index is 0.0152. The topological polar surface area (TPSA) is 104 Å². The Kier molecular flexibility index (Phi) is 4.50. The van der Waals surface area contributed by atoms with E-state index in [1.165, 1.54) is 12.1 Å². The molecule has 0 aliphatic carbocycles. The van der Waals surface area contributed by atoms with E-state index in [1.54, 1.807) is 12.1 Å². The molecule has 0 heterocycles. The summed E-state index contributed by atoms with van der Waals surface area (Å²) in [7, 11) is 0. The monoisotopic (exact) mass is 250 g/mol. The summed E-state index contributed by atoms with van der Waals surface area (Å²) in [6.45, 7) is 0. The molecule has 6 heteroatoms. The first-order valence-corrected chi connectivity index (χ1v) is 4.81. The number of carboxylic acids is 1. The number of phenolic OH excluding ortho intramolecular Hbond substituents is 1. The van der Waals surface area contributed by atoms with Crippen LogP contribution in [0.5, 0.6) is 11.5 Å². The molecule has 1 aromatic rings. The first-order valence-electron chi connectivity index (χ1n) is 4.81. The van der Waals surface area contributed by atoms with Gasteiger partial charge < -0.3 is 20.1 Å². The van der Waals surface area contributed by atoms with Gasteiger partial charge in [-0.25, -0.2) is 9.59 Å². The fourth-order valence-electron chi connectivity index (χ4n) is 0.975. The molecular formula is C12H10O6. The highest BCUT2D eigenvalue weighted by atomic mass is 16.5. The molecule has 0 bridgehead atoms. The molecule has 0 aliphatic heterocycles. The predicted octanol–water partition coefficient (Wildman–Crippen LogP) is 1.38. The number of allylic oxidation sites excluding steroid dienone is 2. The zero-order valence-electron chi connectivity index (χ0n) is 9.11. The number of ether oxygens (including phenoxy) is 1. The number of rotatable bonds is 4. The van der Waals surface area contributed by atoms with Crippen LogP contribution in [0, 0.1) is 0 Å². The Balaban J connectivity index is 2.63. The molecule has 0 unspecified atom stereocenters. The lowest BCUT2D eigenvalue weighted by Gasteiger charge is -2.02. The summed E-state index contributed by atoms with van der Waals surface area (Å²) < 4.78 is 4.75. The lowest BCUT2D eigenvalue weighted by atomic mass is 10.3. The van der Waals surface area contributed by atoms with E-state index >= 15 is 0 Å². The quantitative estimate of drug-likeness (QED) is 0.245. The van der Waals surface area contributed by atoms with E-state index in [0.29, 0.717) is 0 Å². The van der Waals surface area contributed by atoms with Gasteiger partial charge in [0.2, 0.25) is 5.76 Å². The van der Waals surface area contributed by atoms with Crippen molar-refractivity contribution in [1.29, 1.82) is 0 Å². The van der Waals surface area contributed by atoms with Crippen molar-refractivity contribution in [3.05, 3.63) is 48.3 Å². The summed E-state index contributed by atoms with van der Waals surface area (Å²) in [6, 6.07) is 5.88. The SMILES string of the molecule is O=C(/C=C\C=C(\O)C(=O)O)Oc1ccccc1O. The van der Waals surface area contributed by atoms with Crippen LogP contribution >= 0.6 is 0 Å². The fraction of sp³-hybridized carbons (Fsp3) is 0. The number of carbonyl (C=O) groups is 2. The Labute approximate surface area is 102 Å². The number of aliphatic carboxylic acids is 1. The van der Waals surface area contributed by atoms with E-state index in [0.717, 1.165) is 18.2 Å². The predicted molar refractivity (Wildman–Crippen MR) is 61.2 cm³/mol. The highest BCUT2D eigenvalue weighted by Gasteiger charge is 2.05. The van der Waals surface area contributed by atoms with Crippen LogP contribution in [-0.2, 0) is 9.59 Å². The molecule has 6 nitrogen and oxygen atoms in total. The molecule has 18 heavy (non-hydrogen) atoms. The molecule has 94 valence electrons. The van der Waals surface area contributed by atoms with E-state index in [4.69, 9.17) is 14.9 Å². The van der Waals surface area contributed by atoms with Crippen LogP contribution in [0.2, 0.25) is 0 Å². The van der Waals surface area contributed by atoms with Crippen LogP contribution in [0.25, 0.3) is 0 Å². The van der Waals surface area contributed by atoms with Crippen LogP contribution in [0.3, 0.4) is 0 Å². The largest absolute Gasteiger partial charge is 0.504 e. The molecule has 0 radical (unpaired) electrons. The van der Waals surface area contributed by atoms with Crippen molar-refractivity contribution in [2.45, 2.75) is 0 Å². The third kappa shape index (κ3) is 4.01. The molecule has 0 aliphatic rings. The highest BCUT2D eigenvalue weighted by molar-refractivity contribution is 5.86. The van der Waals surface area contributed by atoms with Crippen molar-refractivity contribution in [1.82, 2.24) is 0 Å². The summed E-state index contributed by atoms with van der Waals surface area (Å²) >= 11 is 0. The minimum Gasteiger partial charge on any atom is -0.504 e. The molecular weight excluding hydrogens is 240 g/mol. The van der Waals surface area contributed by atoms with Crippen LogP contribution in [0.1, 0.15) is 0 Å². The Bertz CT molecular complexity index is 515. The maximum atomic E-state index is 11.2. The zero-order chi connectivity index (χ0) is 13.5. The number of para-hydroxylation sites is 2. The third-order valence-electron chi connectivity index (χ3n) is 1.78. The van der Waals surface area contributed by atoms with Gasteiger partial charge in [0.1, 0.15) is 0 Å². The maximum absolute atomic E-state index is 11.2. The molecule has 0 saturated carbocycles. The number of hydrogen-bond acceptors (Lipinski definition) is 5. The summed E-state index contributed by atoms with van der Waals surface area (Å²) in [4.78, 5) is 21.4. The van der Waals surface area contributed by atoms with Gasteiger partial charge in [0.25, 0.3) is 0 Å². The molecule has 0 amide bonds. The molecule has 0 atom stereocenters. The number of carbonyl (C=O) groups excluding carboxylic acids is 1. The van der Waals surface area contributed by atoms with Crippen molar-refractivity contribution < 1.29 is 29.6 Å². The number of aliphatic hydroxyl groups excluding tert-OH is 1. The van der Waals surface area contributed by atoms with Gasteiger partial charge in [0, 0.05) is 6.08 Å². The fourth-order valence-corrected chi connectivity index (χ4v) is 0.975. The first kappa shape index (κ1) is 13.3. The van der Waals surface area contributed by atoms with E-state index in [-0.39, 0.29) is 11.5 Å². The normalized spacial score (nSPS) is 11.4. The molecule has 1 rings (SSSR count). The molecule has 0 aromatic heterocycles. The lowest BCUT2D eigenvalue weighted by Crippen LogP contribution is -2.04. The second-order valence-corrected chi connectivity index (χ2v) is 3.10. The van der Waals surface area contributed by atoms with Crippen LogP contribution in [-0.4, -0.2) is 27.3 Å². The van der Waals surface area contributed by atoms with Gasteiger partial charge in [-0.15, -0.1) is 0 Å². The zero-order valence-corrected chi connectivity index (χ0v) is 9.11. The summed E-state index contributed by atoms with van der Waals surface area (Å²) in [5.74, 6) is -3.43. The van der Waals surface area contributed by atoms with Crippen LogP contribution < -0.4 is 4.74 Å². The summed E-state index contributed by atoms with van der Waals surface area (Å²) in [5, 5.41) is 26.4. The van der Waals surface area contributed by atoms with Gasteiger partial charge in [-0.2, -0.15) is 0 Å². The van der Waals surface area contributed by atoms with Gasteiger partial charge in [-0.05, 0) is 18.2 Å². The number of phenols is 1. The number of aromatic hydroxyl groups is 1. The number of aliphatic hydroxyl groups is 1. The van der Waals surface area contributed by atoms with Gasteiger partial charge >= 0.3 is 11.9 Å². The number of hydrogen-bond donors (Lipinski definition) is 3. The molecule has 0 spiro atoms. The minimum atomic E-state index is -1.51. The second-order valence-electron chi connectivity index (χ2n) is 3.10. The van der Waals surface area contributed by atoms with Gasteiger partial charge in [0.05, 0.1) is 0 Å². The molecule has 0 saturated heterocycles. The van der Waals surface area contributed by atoms with Crippen molar-refractivity contribution in [2.24, 2.45) is 0 Å². The van der Waals surface area contributed by atoms with Crippen LogP contribution in [0.4, 0.5) is 0 Å². The summed E-state index contributed by atoms with van der Waals surface area (Å²) in [6.07, 6.45) is 2.76. The molecule has 1 aromatic carbocycles. The Morgan fingerprint density at radius 1 is 1.17 bits per heavy atom. The van der Waals surface area contributed by atoms with E-state index in [1.807, 2.05) is 0 Å². The average Bonchev–Trinajstić information content (AvgIpc) is 2.32. The van der Waals surface area contributed by atoms with Crippen molar-refractivity contribution >= 4 is 11.9 Å². The standard InChI is InChI=1S/C12H10O6/c13-8-4-1-2-6-10(8)18-11(15)7-3-5-9(14)12(16)17/h1-7,13-14H,(H,16,17)/b7-3-,9-5+. The second kappa shape index (κ2) is 6.09. The third-order valence-corrected chi connectivity index (χ3v) is 1.78. The van der Waals surface area contributed by atoms with Crippen molar-refractivity contribution in [3.63, 3.8) is 0 Å². The Morgan fingerprint density at radius 2 is 1.83 bits per heavy atom. The number of esters is 1. The van der Waals surface area contributed by atoms with Crippen molar-refractivity contribution in [2.75, 3.05) is 0 Å². The Hall–Kier alpha value is -2.76. The van der Waals surface area contributed by atoms with Crippen molar-refractivity contribution in [3.8, 4) is 11.5 Å². The molecule has 3 N–H and O–H groups in total.